The number of H-pyrrole nitrogens is 1. The first-order chi connectivity index (χ1) is 15.0. The Morgan fingerprint density at radius 2 is 2.03 bits per heavy atom. The van der Waals surface area contributed by atoms with Crippen LogP contribution in [-0.4, -0.2) is 63.6 Å². The minimum absolute atomic E-state index is 0.140. The van der Waals surface area contributed by atoms with Crippen LogP contribution in [0.2, 0.25) is 0 Å². The number of pyridine rings is 1. The molecule has 0 aliphatic carbocycles. The van der Waals surface area contributed by atoms with Gasteiger partial charge in [-0.3, -0.25) is 14.5 Å². The number of carbonyl (C=O) groups excluding carboxylic acids is 2. The second-order valence-corrected chi connectivity index (χ2v) is 8.16. The number of hydrogen-bond acceptors (Lipinski definition) is 4. The van der Waals surface area contributed by atoms with Crippen LogP contribution in [0.4, 0.5) is 4.79 Å². The van der Waals surface area contributed by atoms with Gasteiger partial charge in [0.15, 0.2) is 0 Å². The number of amides is 2. The number of nitrogens with zero attached hydrogens (tertiary/aromatic N) is 3. The Morgan fingerprint density at radius 3 is 2.90 bits per heavy atom. The van der Waals surface area contributed by atoms with E-state index in [4.69, 9.17) is 4.74 Å². The molecule has 8 nitrogen and oxygen atoms in total. The van der Waals surface area contributed by atoms with E-state index in [1.165, 1.54) is 0 Å². The maximum Gasteiger partial charge on any atom is 0.410 e. The van der Waals surface area contributed by atoms with Crippen molar-refractivity contribution in [1.82, 2.24) is 19.4 Å². The Bertz CT molecular complexity index is 1230. The van der Waals surface area contributed by atoms with Crippen LogP contribution in [0.15, 0.2) is 47.5 Å². The lowest BCUT2D eigenvalue weighted by Crippen LogP contribution is -2.54. The van der Waals surface area contributed by atoms with Crippen molar-refractivity contribution in [2.24, 2.45) is 0 Å². The first-order valence-corrected chi connectivity index (χ1v) is 10.5. The first kappa shape index (κ1) is 19.4. The summed E-state index contributed by atoms with van der Waals surface area (Å²) in [6.45, 7) is 3.76. The number of nitrogens with one attached hydrogen (secondary N) is 1. The van der Waals surface area contributed by atoms with E-state index < -0.39 is 0 Å². The molecule has 0 saturated carbocycles. The number of benzene rings is 1. The largest absolute Gasteiger partial charge is 0.447 e. The third kappa shape index (κ3) is 3.37. The van der Waals surface area contributed by atoms with E-state index in [0.29, 0.717) is 38.2 Å². The van der Waals surface area contributed by atoms with Gasteiger partial charge in [-0.05, 0) is 36.6 Å². The van der Waals surface area contributed by atoms with Crippen LogP contribution in [-0.2, 0) is 17.7 Å². The zero-order valence-electron chi connectivity index (χ0n) is 17.3. The van der Waals surface area contributed by atoms with Crippen molar-refractivity contribution >= 4 is 22.9 Å². The summed E-state index contributed by atoms with van der Waals surface area (Å²) in [4.78, 5) is 44.7. The van der Waals surface area contributed by atoms with Crippen LogP contribution in [0, 0.1) is 6.92 Å². The standard InChI is InChI=1S/C23H24N4O4/c1-15-6-8-25(9-7-16-12-24-19-5-3-2-4-18(16)19)21(28)20(15)22(29)26-10-11-27-17(13-26)14-31-23(27)30/h2-6,8,12,17,24H,7,9-11,13-14H2,1H3. The molecule has 3 aromatic rings. The highest BCUT2D eigenvalue weighted by Gasteiger charge is 2.39. The molecule has 2 aliphatic rings. The predicted octanol–water partition coefficient (Wildman–Crippen LogP) is 2.16. The van der Waals surface area contributed by atoms with Crippen LogP contribution in [0.3, 0.4) is 0 Å². The van der Waals surface area contributed by atoms with E-state index in [9.17, 15) is 14.4 Å². The Kier molecular flexibility index (Phi) is 4.77. The summed E-state index contributed by atoms with van der Waals surface area (Å²) in [5.41, 5.74) is 2.81. The molecule has 5 rings (SSSR count). The predicted molar refractivity (Wildman–Crippen MR) is 115 cm³/mol. The molecule has 160 valence electrons. The van der Waals surface area contributed by atoms with E-state index in [1.54, 1.807) is 27.5 Å². The molecule has 2 amide bonds. The SMILES string of the molecule is Cc1ccn(CCc2c[nH]c3ccccc23)c(=O)c1C(=O)N1CCN2C(=O)OCC2C1. The topological polar surface area (TPSA) is 87.6 Å². The zero-order chi connectivity index (χ0) is 21.5. The summed E-state index contributed by atoms with van der Waals surface area (Å²) in [6, 6.07) is 9.75. The second-order valence-electron chi connectivity index (χ2n) is 8.16. The molecule has 4 heterocycles. The number of rotatable bonds is 4. The quantitative estimate of drug-likeness (QED) is 0.701. The molecule has 0 spiro atoms. The van der Waals surface area contributed by atoms with Crippen LogP contribution in [0.1, 0.15) is 21.5 Å². The number of piperazine rings is 1. The fourth-order valence-corrected chi connectivity index (χ4v) is 4.51. The highest BCUT2D eigenvalue weighted by molar-refractivity contribution is 5.95. The summed E-state index contributed by atoms with van der Waals surface area (Å²) < 4.78 is 6.69. The van der Waals surface area contributed by atoms with Gasteiger partial charge in [-0.1, -0.05) is 18.2 Å². The number of para-hydroxylation sites is 1. The molecule has 31 heavy (non-hydrogen) atoms. The third-order valence-electron chi connectivity index (χ3n) is 6.29. The molecule has 8 heteroatoms. The fraction of sp³-hybridized carbons (Fsp3) is 0.348. The Hall–Kier alpha value is -3.55. The number of aromatic amines is 1. The number of aromatic nitrogens is 2. The van der Waals surface area contributed by atoms with Gasteiger partial charge in [0.25, 0.3) is 11.5 Å². The van der Waals surface area contributed by atoms with Crippen molar-refractivity contribution in [3.8, 4) is 0 Å². The van der Waals surface area contributed by atoms with Crippen LogP contribution >= 0.6 is 0 Å². The molecule has 1 aromatic carbocycles. The van der Waals surface area contributed by atoms with E-state index in [1.807, 2.05) is 30.5 Å². The monoisotopic (exact) mass is 420 g/mol. The fourth-order valence-electron chi connectivity index (χ4n) is 4.51. The number of ether oxygens (including phenoxy) is 1. The number of aryl methyl sites for hydroxylation is 3. The van der Waals surface area contributed by atoms with Crippen LogP contribution in [0.5, 0.6) is 0 Å². The van der Waals surface area contributed by atoms with Crippen LogP contribution < -0.4 is 5.56 Å². The minimum atomic E-state index is -0.326. The number of hydrogen-bond donors (Lipinski definition) is 1. The van der Waals surface area contributed by atoms with Crippen molar-refractivity contribution in [3.63, 3.8) is 0 Å². The molecule has 2 aromatic heterocycles. The molecular weight excluding hydrogens is 396 g/mol. The minimum Gasteiger partial charge on any atom is -0.447 e. The van der Waals surface area contributed by atoms with Crippen molar-refractivity contribution < 1.29 is 14.3 Å². The van der Waals surface area contributed by atoms with Gasteiger partial charge in [-0.25, -0.2) is 4.79 Å². The summed E-state index contributed by atoms with van der Waals surface area (Å²) in [6.07, 6.45) is 4.08. The van der Waals surface area contributed by atoms with Gasteiger partial charge in [0.2, 0.25) is 0 Å². The summed E-state index contributed by atoms with van der Waals surface area (Å²) >= 11 is 0. The van der Waals surface area contributed by atoms with Gasteiger partial charge in [-0.15, -0.1) is 0 Å². The Labute approximate surface area is 179 Å². The molecular formula is C23H24N4O4. The van der Waals surface area contributed by atoms with Crippen LogP contribution in [0.25, 0.3) is 10.9 Å². The van der Waals surface area contributed by atoms with Gasteiger partial charge >= 0.3 is 6.09 Å². The second kappa shape index (κ2) is 7.61. The molecule has 0 radical (unpaired) electrons. The zero-order valence-corrected chi connectivity index (χ0v) is 17.3. The third-order valence-corrected chi connectivity index (χ3v) is 6.29. The molecule has 2 aliphatic heterocycles. The Balaban J connectivity index is 1.36. The lowest BCUT2D eigenvalue weighted by atomic mass is 10.1. The van der Waals surface area contributed by atoms with Gasteiger partial charge in [0.05, 0.1) is 6.04 Å². The average Bonchev–Trinajstić information content (AvgIpc) is 3.36. The molecule has 1 atom stereocenters. The molecule has 1 N–H and O–H groups in total. The first-order valence-electron chi connectivity index (χ1n) is 10.5. The maximum absolute atomic E-state index is 13.2. The number of cyclic esters (lactones) is 1. The van der Waals surface area contributed by atoms with E-state index in [2.05, 4.69) is 11.1 Å². The van der Waals surface area contributed by atoms with E-state index in [-0.39, 0.29) is 35.8 Å². The highest BCUT2D eigenvalue weighted by Crippen LogP contribution is 2.20. The van der Waals surface area contributed by atoms with Crippen molar-refractivity contribution in [1.29, 1.82) is 0 Å². The van der Waals surface area contributed by atoms with Gasteiger partial charge in [0, 0.05) is 49.5 Å². The number of fused-ring (bicyclic) bond motifs is 2. The van der Waals surface area contributed by atoms with Crippen molar-refractivity contribution in [2.75, 3.05) is 26.2 Å². The van der Waals surface area contributed by atoms with E-state index >= 15 is 0 Å². The summed E-state index contributed by atoms with van der Waals surface area (Å²) in [7, 11) is 0. The summed E-state index contributed by atoms with van der Waals surface area (Å²) in [5.74, 6) is -0.275. The lowest BCUT2D eigenvalue weighted by molar-refractivity contribution is 0.0613. The smallest absolute Gasteiger partial charge is 0.410 e. The van der Waals surface area contributed by atoms with Gasteiger partial charge in [0.1, 0.15) is 12.2 Å². The highest BCUT2D eigenvalue weighted by atomic mass is 16.6. The van der Waals surface area contributed by atoms with E-state index in [0.717, 1.165) is 16.5 Å². The van der Waals surface area contributed by atoms with Crippen molar-refractivity contribution in [3.05, 3.63) is 69.8 Å². The molecule has 0 bridgehead atoms. The average molecular weight is 420 g/mol. The molecule has 2 fully saturated rings. The van der Waals surface area contributed by atoms with Gasteiger partial charge in [-0.2, -0.15) is 0 Å². The normalized spacial score (nSPS) is 18.4. The Morgan fingerprint density at radius 1 is 1.19 bits per heavy atom. The summed E-state index contributed by atoms with van der Waals surface area (Å²) in [5, 5.41) is 1.14. The lowest BCUT2D eigenvalue weighted by Gasteiger charge is -2.35. The van der Waals surface area contributed by atoms with Gasteiger partial charge < -0.3 is 19.2 Å². The maximum atomic E-state index is 13.2. The molecule has 1 unspecified atom stereocenters. The molecule has 2 saturated heterocycles. The number of carbonyl (C=O) groups is 2. The van der Waals surface area contributed by atoms with Crippen molar-refractivity contribution in [2.45, 2.75) is 25.9 Å².